The first-order valence-electron chi connectivity index (χ1n) is 9.28. The highest BCUT2D eigenvalue weighted by atomic mass is 32.1. The van der Waals surface area contributed by atoms with Gasteiger partial charge in [-0.15, -0.1) is 17.3 Å². The molecule has 2 N–H and O–H groups in total. The number of hydrogen-bond donors (Lipinski definition) is 2. The van der Waals surface area contributed by atoms with Gasteiger partial charge in [-0.25, -0.2) is 4.79 Å². The Balaban J connectivity index is 1.61. The second-order valence-corrected chi connectivity index (χ2v) is 7.34. The second kappa shape index (κ2) is 11.8. The summed E-state index contributed by atoms with van der Waals surface area (Å²) in [7, 11) is 0. The quantitative estimate of drug-likeness (QED) is 0.357. The van der Waals surface area contributed by atoms with Crippen LogP contribution in [0.15, 0.2) is 41.8 Å². The Morgan fingerprint density at radius 2 is 2.00 bits per heavy atom. The topological polar surface area (TPSA) is 75.6 Å². The Morgan fingerprint density at radius 1 is 1.21 bits per heavy atom. The minimum absolute atomic E-state index is 0.210. The van der Waals surface area contributed by atoms with Gasteiger partial charge < -0.3 is 15.2 Å². The van der Waals surface area contributed by atoms with Crippen LogP contribution in [0.4, 0.5) is 5.69 Å². The number of aliphatic carboxylic acids is 1. The average Bonchev–Trinajstić information content (AvgIpc) is 3.19. The van der Waals surface area contributed by atoms with Crippen LogP contribution >= 0.6 is 11.3 Å². The predicted molar refractivity (Wildman–Crippen MR) is 111 cm³/mol. The summed E-state index contributed by atoms with van der Waals surface area (Å²) in [6.45, 7) is 2.14. The van der Waals surface area contributed by atoms with Crippen molar-refractivity contribution in [3.05, 3.63) is 52.2 Å². The van der Waals surface area contributed by atoms with E-state index >= 15 is 0 Å². The van der Waals surface area contributed by atoms with Crippen LogP contribution in [0.25, 0.3) is 0 Å². The number of ether oxygens (including phenoxy) is 1. The molecular formula is C22H25NO4S. The normalized spacial score (nSPS) is 11.2. The minimum atomic E-state index is -1.13. The Bertz CT molecular complexity index is 803. The molecule has 2 aromatic rings. The molecular weight excluding hydrogens is 374 g/mol. The van der Waals surface area contributed by atoms with Gasteiger partial charge in [0.05, 0.1) is 0 Å². The van der Waals surface area contributed by atoms with Crippen LogP contribution in [-0.2, 0) is 27.2 Å². The minimum Gasteiger partial charge on any atom is -0.479 e. The summed E-state index contributed by atoms with van der Waals surface area (Å²) < 4.78 is 4.80. The van der Waals surface area contributed by atoms with Gasteiger partial charge in [0.1, 0.15) is 0 Å². The van der Waals surface area contributed by atoms with Gasteiger partial charge in [0.2, 0.25) is 0 Å². The Morgan fingerprint density at radius 3 is 2.68 bits per heavy atom. The first-order valence-corrected chi connectivity index (χ1v) is 10.2. The zero-order valence-electron chi connectivity index (χ0n) is 15.9. The number of hydrogen-bond acceptors (Lipinski definition) is 5. The number of anilines is 1. The molecule has 5 nitrogen and oxygen atoms in total. The van der Waals surface area contributed by atoms with Crippen molar-refractivity contribution in [1.82, 2.24) is 0 Å². The fourth-order valence-electron chi connectivity index (χ4n) is 2.45. The number of carbonyl (C=O) groups is 2. The fourth-order valence-corrected chi connectivity index (χ4v) is 3.10. The summed E-state index contributed by atoms with van der Waals surface area (Å²) in [4.78, 5) is 23.5. The molecule has 0 aliphatic rings. The first kappa shape index (κ1) is 21.5. The summed E-state index contributed by atoms with van der Waals surface area (Å²) in [6.07, 6.45) is 2.09. The average molecular weight is 400 g/mol. The molecule has 1 unspecified atom stereocenters. The number of carboxylic acids is 1. The molecule has 0 radical (unpaired) electrons. The third-order valence-electron chi connectivity index (χ3n) is 4.00. The Hall–Kier alpha value is -2.78. The number of carboxylic acid groups (broad SMARTS) is 1. The summed E-state index contributed by atoms with van der Waals surface area (Å²) in [5, 5.41) is 14.1. The molecule has 1 atom stereocenters. The van der Waals surface area contributed by atoms with Gasteiger partial charge >= 0.3 is 11.9 Å². The van der Waals surface area contributed by atoms with Gasteiger partial charge in [-0.2, -0.15) is 0 Å². The molecule has 1 aromatic heterocycles. The fraction of sp³-hybridized carbons (Fsp3) is 0.364. The summed E-state index contributed by atoms with van der Waals surface area (Å²) in [5.41, 5.74) is 2.17. The van der Waals surface area contributed by atoms with E-state index in [2.05, 4.69) is 28.6 Å². The van der Waals surface area contributed by atoms with Crippen molar-refractivity contribution in [3.63, 3.8) is 0 Å². The molecule has 28 heavy (non-hydrogen) atoms. The number of benzene rings is 1. The van der Waals surface area contributed by atoms with E-state index in [1.54, 1.807) is 11.3 Å². The molecule has 0 bridgehead atoms. The zero-order valence-corrected chi connectivity index (χ0v) is 16.8. The maximum Gasteiger partial charge on any atom is 0.344 e. The smallest absolute Gasteiger partial charge is 0.344 e. The van der Waals surface area contributed by atoms with Crippen molar-refractivity contribution < 1.29 is 19.4 Å². The highest BCUT2D eigenvalue weighted by molar-refractivity contribution is 7.09. The number of thiophene rings is 1. The van der Waals surface area contributed by atoms with E-state index in [9.17, 15) is 9.59 Å². The van der Waals surface area contributed by atoms with E-state index in [4.69, 9.17) is 9.84 Å². The molecule has 2 rings (SSSR count). The molecule has 0 amide bonds. The molecule has 0 spiro atoms. The summed E-state index contributed by atoms with van der Waals surface area (Å²) >= 11 is 1.73. The molecule has 1 heterocycles. The van der Waals surface area contributed by atoms with Crippen LogP contribution in [0.2, 0.25) is 0 Å². The second-order valence-electron chi connectivity index (χ2n) is 6.31. The lowest BCUT2D eigenvalue weighted by Crippen LogP contribution is -2.23. The van der Waals surface area contributed by atoms with E-state index in [-0.39, 0.29) is 6.42 Å². The van der Waals surface area contributed by atoms with Crippen LogP contribution in [0.1, 0.15) is 36.6 Å². The lowest BCUT2D eigenvalue weighted by atomic mass is 10.1. The van der Waals surface area contributed by atoms with E-state index < -0.39 is 18.0 Å². The van der Waals surface area contributed by atoms with E-state index in [0.29, 0.717) is 6.42 Å². The van der Waals surface area contributed by atoms with Crippen molar-refractivity contribution in [2.24, 2.45) is 0 Å². The lowest BCUT2D eigenvalue weighted by Gasteiger charge is -2.09. The number of esters is 1. The van der Waals surface area contributed by atoms with Crippen molar-refractivity contribution >= 4 is 29.0 Å². The monoisotopic (exact) mass is 399 g/mol. The van der Waals surface area contributed by atoms with Crippen molar-refractivity contribution in [1.29, 1.82) is 0 Å². The van der Waals surface area contributed by atoms with Crippen molar-refractivity contribution in [2.75, 3.05) is 11.9 Å². The number of aryl methyl sites for hydroxylation is 1. The zero-order chi connectivity index (χ0) is 20.2. The predicted octanol–water partition coefficient (Wildman–Crippen LogP) is 4.14. The standard InChI is InChI=1S/C22H25NO4S/c1-17(22(25)26)27-21(24)10-5-7-18-11-13-19(14-12-18)23-15-4-2-3-8-20-9-6-16-28-20/h6,9,11-14,16-17,23H,4-5,7-8,10,15H2,1H3,(H,25,26). The van der Waals surface area contributed by atoms with Crippen molar-refractivity contribution in [2.45, 2.75) is 45.1 Å². The van der Waals surface area contributed by atoms with Crippen molar-refractivity contribution in [3.8, 4) is 11.8 Å². The molecule has 0 saturated heterocycles. The largest absolute Gasteiger partial charge is 0.479 e. The lowest BCUT2D eigenvalue weighted by molar-refractivity contribution is -0.162. The van der Waals surface area contributed by atoms with E-state index in [0.717, 1.165) is 37.1 Å². The van der Waals surface area contributed by atoms with Gasteiger partial charge in [-0.05, 0) is 48.9 Å². The van der Waals surface area contributed by atoms with Crippen LogP contribution in [0.3, 0.4) is 0 Å². The molecule has 6 heteroatoms. The third kappa shape index (κ3) is 8.28. The van der Waals surface area contributed by atoms with Crippen LogP contribution in [-0.4, -0.2) is 29.7 Å². The number of carbonyl (C=O) groups excluding carboxylic acids is 1. The van der Waals surface area contributed by atoms with Gasteiger partial charge in [-0.3, -0.25) is 4.79 Å². The number of nitrogens with one attached hydrogen (secondary N) is 1. The van der Waals surface area contributed by atoms with E-state index in [1.807, 2.05) is 30.3 Å². The molecule has 148 valence electrons. The van der Waals surface area contributed by atoms with Gasteiger partial charge in [0, 0.05) is 36.4 Å². The Kier molecular flexibility index (Phi) is 9.09. The summed E-state index contributed by atoms with van der Waals surface area (Å²) in [6, 6.07) is 12.2. The van der Waals surface area contributed by atoms with Gasteiger partial charge in [0.15, 0.2) is 6.10 Å². The van der Waals surface area contributed by atoms with Gasteiger partial charge in [0.25, 0.3) is 0 Å². The van der Waals surface area contributed by atoms with Crippen LogP contribution < -0.4 is 5.32 Å². The molecule has 1 aromatic carbocycles. The third-order valence-corrected chi connectivity index (χ3v) is 4.88. The highest BCUT2D eigenvalue weighted by Crippen LogP contribution is 2.12. The highest BCUT2D eigenvalue weighted by Gasteiger charge is 2.15. The summed E-state index contributed by atoms with van der Waals surface area (Å²) in [5.74, 6) is 4.75. The Labute approximate surface area is 169 Å². The first-order chi connectivity index (χ1) is 13.5. The maximum atomic E-state index is 11.6. The number of rotatable bonds is 10. The van der Waals surface area contributed by atoms with Gasteiger partial charge in [-0.1, -0.05) is 24.1 Å². The van der Waals surface area contributed by atoms with E-state index in [1.165, 1.54) is 11.8 Å². The SMILES string of the molecule is CC(OC(=O)CCCc1ccc(NCCC#CCc2cccs2)cc1)C(=O)O. The van der Waals surface area contributed by atoms with Crippen LogP contribution in [0, 0.1) is 11.8 Å². The van der Waals surface area contributed by atoms with Crippen LogP contribution in [0.5, 0.6) is 0 Å². The molecule has 0 fully saturated rings. The maximum absolute atomic E-state index is 11.6. The molecule has 0 aliphatic heterocycles. The molecule has 0 aliphatic carbocycles. The molecule has 0 saturated carbocycles.